The van der Waals surface area contributed by atoms with Crippen molar-refractivity contribution in [3.8, 4) is 0 Å². The van der Waals surface area contributed by atoms with Crippen LogP contribution in [0.5, 0.6) is 0 Å². The second-order valence-electron chi connectivity index (χ2n) is 6.12. The van der Waals surface area contributed by atoms with E-state index in [1.165, 1.54) is 37.8 Å². The highest BCUT2D eigenvalue weighted by molar-refractivity contribution is 5.89. The summed E-state index contributed by atoms with van der Waals surface area (Å²) in [4.78, 5) is 9.24. The van der Waals surface area contributed by atoms with Crippen molar-refractivity contribution in [1.82, 2.24) is 4.98 Å². The summed E-state index contributed by atoms with van der Waals surface area (Å²) < 4.78 is 0. The van der Waals surface area contributed by atoms with Crippen LogP contribution < -0.4 is 5.73 Å². The van der Waals surface area contributed by atoms with E-state index in [0.717, 1.165) is 11.3 Å². The highest BCUT2D eigenvalue weighted by atomic mass is 14.8. The molecule has 1 aliphatic carbocycles. The Labute approximate surface area is 138 Å². The Morgan fingerprint density at radius 3 is 2.65 bits per heavy atom. The topological polar surface area (TPSA) is 51.3 Å². The van der Waals surface area contributed by atoms with Gasteiger partial charge in [0, 0.05) is 29.1 Å². The summed E-state index contributed by atoms with van der Waals surface area (Å²) in [7, 11) is 0. The summed E-state index contributed by atoms with van der Waals surface area (Å²) >= 11 is 0. The minimum absolute atomic E-state index is 0.588. The average Bonchev–Trinajstić information content (AvgIpc) is 2.62. The third-order valence-electron chi connectivity index (χ3n) is 4.45. The summed E-state index contributed by atoms with van der Waals surface area (Å²) in [6.45, 7) is 4.05. The molecule has 0 unspecified atom stereocenters. The van der Waals surface area contributed by atoms with Crippen molar-refractivity contribution in [3.05, 3.63) is 66.0 Å². The quantitative estimate of drug-likeness (QED) is 0.651. The Balaban J connectivity index is 1.76. The van der Waals surface area contributed by atoms with Crippen molar-refractivity contribution in [2.45, 2.75) is 38.0 Å². The SMILES string of the molecule is C=C(N=Cc1ccccc1N)c1cccc(C2CCCCC2)n1. The molecule has 0 saturated heterocycles. The highest BCUT2D eigenvalue weighted by Crippen LogP contribution is 2.32. The van der Waals surface area contributed by atoms with E-state index >= 15 is 0 Å². The molecule has 0 amide bonds. The lowest BCUT2D eigenvalue weighted by Crippen LogP contribution is -2.07. The highest BCUT2D eigenvalue weighted by Gasteiger charge is 2.17. The second kappa shape index (κ2) is 7.23. The van der Waals surface area contributed by atoms with E-state index in [2.05, 4.69) is 23.7 Å². The van der Waals surface area contributed by atoms with Gasteiger partial charge in [-0.3, -0.25) is 9.98 Å². The Kier molecular flexibility index (Phi) is 4.86. The minimum Gasteiger partial charge on any atom is -0.398 e. The van der Waals surface area contributed by atoms with E-state index in [1.54, 1.807) is 6.21 Å². The van der Waals surface area contributed by atoms with Gasteiger partial charge < -0.3 is 5.73 Å². The van der Waals surface area contributed by atoms with Crippen molar-refractivity contribution in [2.24, 2.45) is 4.99 Å². The summed E-state index contributed by atoms with van der Waals surface area (Å²) in [6, 6.07) is 13.8. The molecule has 1 fully saturated rings. The fourth-order valence-corrected chi connectivity index (χ4v) is 3.08. The van der Waals surface area contributed by atoms with Crippen LogP contribution in [0.3, 0.4) is 0 Å². The summed E-state index contributed by atoms with van der Waals surface area (Å²) in [5.74, 6) is 0.588. The van der Waals surface area contributed by atoms with Crippen molar-refractivity contribution in [3.63, 3.8) is 0 Å². The van der Waals surface area contributed by atoms with Crippen LogP contribution in [0, 0.1) is 0 Å². The number of para-hydroxylation sites is 1. The number of benzene rings is 1. The molecule has 3 nitrogen and oxygen atoms in total. The first-order valence-corrected chi connectivity index (χ1v) is 8.29. The third-order valence-corrected chi connectivity index (χ3v) is 4.45. The smallest absolute Gasteiger partial charge is 0.0883 e. The number of hydrogen-bond acceptors (Lipinski definition) is 3. The molecule has 1 aromatic heterocycles. The van der Waals surface area contributed by atoms with Crippen LogP contribution in [0.15, 0.2) is 54.0 Å². The molecule has 1 aromatic carbocycles. The molecular weight excluding hydrogens is 282 g/mol. The zero-order chi connectivity index (χ0) is 16.1. The number of hydrogen-bond donors (Lipinski definition) is 1. The van der Waals surface area contributed by atoms with Crippen LogP contribution in [-0.2, 0) is 0 Å². The first kappa shape index (κ1) is 15.5. The maximum Gasteiger partial charge on any atom is 0.0883 e. The Morgan fingerprint density at radius 1 is 1.09 bits per heavy atom. The van der Waals surface area contributed by atoms with Gasteiger partial charge in [-0.05, 0) is 31.0 Å². The predicted molar refractivity (Wildman–Crippen MR) is 97.5 cm³/mol. The maximum atomic E-state index is 5.93. The molecular formula is C20H23N3. The first-order valence-electron chi connectivity index (χ1n) is 8.29. The molecule has 0 radical (unpaired) electrons. The van der Waals surface area contributed by atoms with Crippen LogP contribution in [0.1, 0.15) is 55.0 Å². The lowest BCUT2D eigenvalue weighted by Gasteiger charge is -2.21. The molecule has 0 spiro atoms. The van der Waals surface area contributed by atoms with Gasteiger partial charge in [-0.15, -0.1) is 0 Å². The summed E-state index contributed by atoms with van der Waals surface area (Å²) in [6.07, 6.45) is 8.21. The summed E-state index contributed by atoms with van der Waals surface area (Å²) in [5, 5.41) is 0. The number of nitrogen functional groups attached to an aromatic ring is 1. The molecule has 1 saturated carbocycles. The van der Waals surface area contributed by atoms with Crippen molar-refractivity contribution >= 4 is 17.6 Å². The number of aliphatic imine (C=N–C) groups is 1. The molecule has 3 rings (SSSR count). The van der Waals surface area contributed by atoms with E-state index in [-0.39, 0.29) is 0 Å². The van der Waals surface area contributed by atoms with Crippen molar-refractivity contribution in [1.29, 1.82) is 0 Å². The normalized spacial score (nSPS) is 15.8. The second-order valence-corrected chi connectivity index (χ2v) is 6.12. The minimum atomic E-state index is 0.588. The molecule has 2 N–H and O–H groups in total. The first-order chi connectivity index (χ1) is 11.2. The molecule has 1 aliphatic rings. The van der Waals surface area contributed by atoms with Gasteiger partial charge >= 0.3 is 0 Å². The van der Waals surface area contributed by atoms with Crippen LogP contribution in [0.4, 0.5) is 5.69 Å². The van der Waals surface area contributed by atoms with Gasteiger partial charge in [-0.2, -0.15) is 0 Å². The number of anilines is 1. The average molecular weight is 305 g/mol. The van der Waals surface area contributed by atoms with Gasteiger partial charge in [0.05, 0.1) is 11.4 Å². The van der Waals surface area contributed by atoms with E-state index in [4.69, 9.17) is 10.7 Å². The molecule has 0 bridgehead atoms. The van der Waals surface area contributed by atoms with Gasteiger partial charge in [0.15, 0.2) is 0 Å². The summed E-state index contributed by atoms with van der Waals surface area (Å²) in [5.41, 5.74) is 10.2. The van der Waals surface area contributed by atoms with Gasteiger partial charge in [-0.25, -0.2) is 0 Å². The monoisotopic (exact) mass is 305 g/mol. The predicted octanol–water partition coefficient (Wildman–Crippen LogP) is 4.80. The standard InChI is InChI=1S/C20H23N3/c1-15(22-14-17-10-5-6-11-18(17)21)19-12-7-13-20(23-19)16-8-3-2-4-9-16/h5-7,10-14,16H,1-4,8-9,21H2. The Bertz CT molecular complexity index is 712. The number of pyridine rings is 1. The Morgan fingerprint density at radius 2 is 1.87 bits per heavy atom. The molecule has 3 heteroatoms. The third kappa shape index (κ3) is 3.86. The molecule has 0 atom stereocenters. The zero-order valence-electron chi connectivity index (χ0n) is 13.4. The molecule has 1 heterocycles. The lowest BCUT2D eigenvalue weighted by molar-refractivity contribution is 0.436. The van der Waals surface area contributed by atoms with Gasteiger partial charge in [0.2, 0.25) is 0 Å². The van der Waals surface area contributed by atoms with Crippen molar-refractivity contribution < 1.29 is 0 Å². The van der Waals surface area contributed by atoms with Crippen molar-refractivity contribution in [2.75, 3.05) is 5.73 Å². The Hall–Kier alpha value is -2.42. The number of nitrogens with zero attached hydrogens (tertiary/aromatic N) is 2. The van der Waals surface area contributed by atoms with E-state index in [0.29, 0.717) is 17.3 Å². The lowest BCUT2D eigenvalue weighted by atomic mass is 9.86. The van der Waals surface area contributed by atoms with Crippen LogP contribution >= 0.6 is 0 Å². The van der Waals surface area contributed by atoms with Gasteiger partial charge in [-0.1, -0.05) is 50.1 Å². The fraction of sp³-hybridized carbons (Fsp3) is 0.300. The van der Waals surface area contributed by atoms with E-state index < -0.39 is 0 Å². The number of rotatable bonds is 4. The zero-order valence-corrected chi connectivity index (χ0v) is 13.4. The van der Waals surface area contributed by atoms with Gasteiger partial charge in [0.25, 0.3) is 0 Å². The van der Waals surface area contributed by atoms with E-state index in [9.17, 15) is 0 Å². The van der Waals surface area contributed by atoms with Crippen LogP contribution in [-0.4, -0.2) is 11.2 Å². The van der Waals surface area contributed by atoms with Crippen LogP contribution in [0.25, 0.3) is 5.70 Å². The molecule has 0 aliphatic heterocycles. The van der Waals surface area contributed by atoms with Crippen LogP contribution in [0.2, 0.25) is 0 Å². The molecule has 23 heavy (non-hydrogen) atoms. The fourth-order valence-electron chi connectivity index (χ4n) is 3.08. The maximum absolute atomic E-state index is 5.93. The molecule has 2 aromatic rings. The van der Waals surface area contributed by atoms with E-state index in [1.807, 2.05) is 30.3 Å². The number of nitrogens with two attached hydrogens (primary N) is 1. The largest absolute Gasteiger partial charge is 0.398 e. The van der Waals surface area contributed by atoms with Gasteiger partial charge in [0.1, 0.15) is 0 Å². The molecule has 118 valence electrons. The number of aromatic nitrogens is 1.